The van der Waals surface area contributed by atoms with Gasteiger partial charge in [0.1, 0.15) is 5.82 Å². The van der Waals surface area contributed by atoms with Crippen LogP contribution in [0, 0.1) is 12.7 Å². The maximum Gasteiger partial charge on any atom is 0.398 e. The lowest BCUT2D eigenvalue weighted by molar-refractivity contribution is -0.105. The van der Waals surface area contributed by atoms with Crippen molar-refractivity contribution in [2.45, 2.75) is 31.5 Å². The van der Waals surface area contributed by atoms with Crippen molar-refractivity contribution in [3.63, 3.8) is 0 Å². The lowest BCUT2D eigenvalue weighted by atomic mass is 10.1. The van der Waals surface area contributed by atoms with Crippen LogP contribution in [0.5, 0.6) is 0 Å². The molecule has 3 nitrogen and oxygen atoms in total. The largest absolute Gasteiger partial charge is 0.478 e. The molecule has 0 aliphatic carbocycles. The van der Waals surface area contributed by atoms with E-state index in [0.717, 1.165) is 0 Å². The van der Waals surface area contributed by atoms with Crippen molar-refractivity contribution in [2.24, 2.45) is 0 Å². The van der Waals surface area contributed by atoms with Gasteiger partial charge >= 0.3 is 12.1 Å². The highest BCUT2D eigenvalue weighted by Crippen LogP contribution is 2.34. The monoisotopic (exact) mass is 401 g/mol. The highest BCUT2D eigenvalue weighted by atomic mass is 32.2. The summed E-state index contributed by atoms with van der Waals surface area (Å²) in [5.74, 6) is -2.71. The topological polar surface area (TPSA) is 40.5 Å². The second kappa shape index (κ2) is 8.65. The van der Waals surface area contributed by atoms with Gasteiger partial charge in [0.05, 0.1) is 17.0 Å². The molecule has 0 spiro atoms. The van der Waals surface area contributed by atoms with Crippen LogP contribution in [0.4, 0.5) is 23.2 Å². The molecule has 1 N–H and O–H groups in total. The van der Waals surface area contributed by atoms with Gasteiger partial charge in [-0.15, -0.1) is 11.8 Å². The molecule has 0 aliphatic heterocycles. The molecule has 146 valence electrons. The third-order valence-corrected chi connectivity index (χ3v) is 5.19. The van der Waals surface area contributed by atoms with E-state index in [2.05, 4.69) is 0 Å². The summed E-state index contributed by atoms with van der Waals surface area (Å²) in [6, 6.07) is 8.99. The number of carboxylic acids is 1. The number of aryl methyl sites for hydroxylation is 1. The van der Waals surface area contributed by atoms with Crippen molar-refractivity contribution < 1.29 is 27.5 Å². The number of benzene rings is 2. The first-order valence-electron chi connectivity index (χ1n) is 8.18. The van der Waals surface area contributed by atoms with Crippen molar-refractivity contribution in [2.75, 3.05) is 17.2 Å². The van der Waals surface area contributed by atoms with Gasteiger partial charge in [-0.1, -0.05) is 18.2 Å². The number of halogens is 4. The Balaban J connectivity index is 2.35. The van der Waals surface area contributed by atoms with Crippen molar-refractivity contribution >= 4 is 23.4 Å². The molecule has 2 aromatic rings. The molecule has 27 heavy (non-hydrogen) atoms. The van der Waals surface area contributed by atoms with E-state index in [1.54, 1.807) is 36.9 Å². The molecule has 2 rings (SSSR count). The number of thioether (sulfide) groups is 1. The zero-order valence-corrected chi connectivity index (χ0v) is 15.6. The summed E-state index contributed by atoms with van der Waals surface area (Å²) in [6.07, 6.45) is -4.32. The third-order valence-electron chi connectivity index (χ3n) is 3.97. The molecule has 0 fully saturated rings. The first-order chi connectivity index (χ1) is 12.6. The normalized spacial score (nSPS) is 11.5. The standard InChI is InChI=1S/C19H19F4NO2S/c1-3-24(10-13-6-4-5-7-14(13)18(25)26)16-9-17(12(2)8-15(16)20)27-11-19(21,22)23/h4-9H,3,10-11H2,1-2H3,(H,25,26). The van der Waals surface area contributed by atoms with E-state index >= 15 is 0 Å². The Labute approximate surface area is 159 Å². The summed E-state index contributed by atoms with van der Waals surface area (Å²) < 4.78 is 52.1. The lowest BCUT2D eigenvalue weighted by Crippen LogP contribution is -2.24. The molecular weight excluding hydrogens is 382 g/mol. The Morgan fingerprint density at radius 1 is 1.22 bits per heavy atom. The van der Waals surface area contributed by atoms with E-state index in [1.165, 1.54) is 18.2 Å². The number of nitrogens with zero attached hydrogens (tertiary/aromatic N) is 1. The van der Waals surface area contributed by atoms with Crippen molar-refractivity contribution in [3.8, 4) is 0 Å². The quantitative estimate of drug-likeness (QED) is 0.490. The zero-order chi connectivity index (χ0) is 20.2. The second-order valence-corrected chi connectivity index (χ2v) is 6.97. The molecule has 0 saturated heterocycles. The van der Waals surface area contributed by atoms with E-state index in [0.29, 0.717) is 34.3 Å². The minimum absolute atomic E-state index is 0.107. The fourth-order valence-corrected chi connectivity index (χ4v) is 3.44. The smallest absolute Gasteiger partial charge is 0.398 e. The minimum atomic E-state index is -4.32. The highest BCUT2D eigenvalue weighted by Gasteiger charge is 2.28. The summed E-state index contributed by atoms with van der Waals surface area (Å²) in [5.41, 5.74) is 1.17. The van der Waals surface area contributed by atoms with E-state index in [4.69, 9.17) is 0 Å². The van der Waals surface area contributed by atoms with E-state index < -0.39 is 23.7 Å². The van der Waals surface area contributed by atoms with E-state index in [-0.39, 0.29) is 17.8 Å². The van der Waals surface area contributed by atoms with Crippen molar-refractivity contribution in [1.82, 2.24) is 0 Å². The number of hydrogen-bond donors (Lipinski definition) is 1. The van der Waals surface area contributed by atoms with Gasteiger partial charge in [0.2, 0.25) is 0 Å². The van der Waals surface area contributed by atoms with Crippen LogP contribution < -0.4 is 4.90 Å². The number of hydrogen-bond acceptors (Lipinski definition) is 3. The van der Waals surface area contributed by atoms with Crippen LogP contribution in [-0.2, 0) is 6.54 Å². The highest BCUT2D eigenvalue weighted by molar-refractivity contribution is 7.99. The van der Waals surface area contributed by atoms with E-state index in [1.807, 2.05) is 0 Å². The second-order valence-electron chi connectivity index (χ2n) is 5.95. The van der Waals surface area contributed by atoms with Gasteiger partial charge in [0.15, 0.2) is 0 Å². The molecule has 0 radical (unpaired) electrons. The average Bonchev–Trinajstić information content (AvgIpc) is 2.58. The number of carbonyl (C=O) groups is 1. The molecule has 0 aromatic heterocycles. The fraction of sp³-hybridized carbons (Fsp3) is 0.316. The molecule has 0 amide bonds. The van der Waals surface area contributed by atoms with Crippen LogP contribution in [0.15, 0.2) is 41.3 Å². The van der Waals surface area contributed by atoms with Gasteiger partial charge in [-0.05, 0) is 43.2 Å². The van der Waals surface area contributed by atoms with Crippen LogP contribution in [0.2, 0.25) is 0 Å². The van der Waals surface area contributed by atoms with Crippen LogP contribution in [0.1, 0.15) is 28.4 Å². The summed E-state index contributed by atoms with van der Waals surface area (Å²) in [6.45, 7) is 3.81. The molecular formula is C19H19F4NO2S. The molecule has 2 aromatic carbocycles. The van der Waals surface area contributed by atoms with Gasteiger partial charge in [0, 0.05) is 18.0 Å². The van der Waals surface area contributed by atoms with Crippen LogP contribution in [0.3, 0.4) is 0 Å². The first kappa shape index (κ1) is 21.1. The summed E-state index contributed by atoms with van der Waals surface area (Å²) in [4.78, 5) is 13.3. The molecule has 0 heterocycles. The van der Waals surface area contributed by atoms with Gasteiger partial charge in [-0.25, -0.2) is 9.18 Å². The molecule has 0 saturated carbocycles. The maximum atomic E-state index is 14.5. The number of carboxylic acid groups (broad SMARTS) is 1. The van der Waals surface area contributed by atoms with Crippen LogP contribution in [-0.4, -0.2) is 29.5 Å². The van der Waals surface area contributed by atoms with Crippen molar-refractivity contribution in [3.05, 3.63) is 58.9 Å². The summed E-state index contributed by atoms with van der Waals surface area (Å²) >= 11 is 0.607. The first-order valence-corrected chi connectivity index (χ1v) is 9.16. The predicted molar refractivity (Wildman–Crippen MR) is 98.0 cm³/mol. The lowest BCUT2D eigenvalue weighted by Gasteiger charge is -2.25. The molecule has 8 heteroatoms. The van der Waals surface area contributed by atoms with Crippen LogP contribution >= 0.6 is 11.8 Å². The Morgan fingerprint density at radius 2 is 1.89 bits per heavy atom. The summed E-state index contributed by atoms with van der Waals surface area (Å²) in [7, 11) is 0. The summed E-state index contributed by atoms with van der Waals surface area (Å²) in [5, 5.41) is 9.30. The zero-order valence-electron chi connectivity index (χ0n) is 14.8. The molecule has 0 bridgehead atoms. The number of alkyl halides is 3. The van der Waals surface area contributed by atoms with E-state index in [9.17, 15) is 27.5 Å². The Hall–Kier alpha value is -2.22. The molecule has 0 unspecified atom stereocenters. The Bertz CT molecular complexity index is 824. The molecule has 0 aliphatic rings. The van der Waals surface area contributed by atoms with Crippen molar-refractivity contribution in [1.29, 1.82) is 0 Å². The maximum absolute atomic E-state index is 14.5. The molecule has 0 atom stereocenters. The van der Waals surface area contributed by atoms with Gasteiger partial charge in [0.25, 0.3) is 0 Å². The number of aromatic carboxylic acids is 1. The number of anilines is 1. The average molecular weight is 401 g/mol. The SMILES string of the molecule is CCN(Cc1ccccc1C(=O)O)c1cc(SCC(F)(F)F)c(C)cc1F. The number of rotatable bonds is 7. The van der Waals surface area contributed by atoms with Crippen LogP contribution in [0.25, 0.3) is 0 Å². The van der Waals surface area contributed by atoms with Gasteiger partial charge in [-0.2, -0.15) is 13.2 Å². The van der Waals surface area contributed by atoms with Gasteiger partial charge in [-0.3, -0.25) is 0 Å². The third kappa shape index (κ3) is 5.63. The van der Waals surface area contributed by atoms with Gasteiger partial charge < -0.3 is 10.0 Å². The fourth-order valence-electron chi connectivity index (χ4n) is 2.64. The Morgan fingerprint density at radius 3 is 2.48 bits per heavy atom. The predicted octanol–water partition coefficient (Wildman–Crippen LogP) is 5.51. The minimum Gasteiger partial charge on any atom is -0.478 e. The Kier molecular flexibility index (Phi) is 6.75.